The van der Waals surface area contributed by atoms with E-state index < -0.39 is 35.9 Å². The first-order chi connectivity index (χ1) is 12.6. The van der Waals surface area contributed by atoms with Crippen molar-refractivity contribution in [3.05, 3.63) is 52.3 Å². The Bertz CT molecular complexity index is 866. The number of hydrogen-bond donors (Lipinski definition) is 3. The van der Waals surface area contributed by atoms with Crippen LogP contribution in [0.15, 0.2) is 30.3 Å². The van der Waals surface area contributed by atoms with Gasteiger partial charge in [-0.15, -0.1) is 0 Å². The molecule has 3 amide bonds. The minimum absolute atomic E-state index is 0.0118. The van der Waals surface area contributed by atoms with Gasteiger partial charge < -0.3 is 16.0 Å². The van der Waals surface area contributed by atoms with Crippen molar-refractivity contribution in [2.45, 2.75) is 18.3 Å². The van der Waals surface area contributed by atoms with E-state index in [2.05, 4.69) is 21.0 Å². The number of nitrogens with zero attached hydrogens (tertiary/aromatic N) is 2. The lowest BCUT2D eigenvalue weighted by molar-refractivity contribution is -0.143. The quantitative estimate of drug-likeness (QED) is 0.732. The van der Waals surface area contributed by atoms with E-state index in [0.717, 1.165) is 6.07 Å². The standard InChI is InChI=1S/C16H15ClF3N5O2/c1-25-12(16(18,19)20)6-10(24-25)13(8-2-4-9(17)5-3-8)23-14(26)11-7-21-15(27)22-11/h2-6,11,13H,7H2,1H3,(H,23,26)(H2,21,22,27)/t11?,13-/m0/s1. The van der Waals surface area contributed by atoms with Crippen molar-refractivity contribution in [3.63, 3.8) is 0 Å². The maximum atomic E-state index is 13.1. The van der Waals surface area contributed by atoms with Gasteiger partial charge in [-0.25, -0.2) is 4.79 Å². The average molecular weight is 402 g/mol. The molecule has 2 aromatic rings. The summed E-state index contributed by atoms with van der Waals surface area (Å²) in [7, 11) is 1.17. The number of aryl methyl sites for hydroxylation is 1. The lowest BCUT2D eigenvalue weighted by Crippen LogP contribution is -2.44. The second kappa shape index (κ2) is 7.10. The predicted molar refractivity (Wildman–Crippen MR) is 90.0 cm³/mol. The molecule has 1 aliphatic heterocycles. The Hall–Kier alpha value is -2.75. The maximum absolute atomic E-state index is 13.1. The highest BCUT2D eigenvalue weighted by atomic mass is 35.5. The number of rotatable bonds is 4. The molecule has 0 saturated carbocycles. The molecule has 1 aromatic heterocycles. The molecular weight excluding hydrogens is 387 g/mol. The molecular formula is C16H15ClF3N5O2. The van der Waals surface area contributed by atoms with Gasteiger partial charge >= 0.3 is 12.2 Å². The van der Waals surface area contributed by atoms with E-state index in [1.165, 1.54) is 7.05 Å². The van der Waals surface area contributed by atoms with Gasteiger partial charge in [0.05, 0.1) is 11.7 Å². The highest BCUT2D eigenvalue weighted by Gasteiger charge is 2.37. The zero-order valence-electron chi connectivity index (χ0n) is 14.0. The van der Waals surface area contributed by atoms with Crippen LogP contribution in [0.3, 0.4) is 0 Å². The molecule has 0 aliphatic carbocycles. The summed E-state index contributed by atoms with van der Waals surface area (Å²) in [6.07, 6.45) is -4.59. The van der Waals surface area contributed by atoms with Crippen LogP contribution in [0.4, 0.5) is 18.0 Å². The van der Waals surface area contributed by atoms with Gasteiger partial charge in [-0.05, 0) is 23.8 Å². The Balaban J connectivity index is 1.94. The highest BCUT2D eigenvalue weighted by Crippen LogP contribution is 2.32. The third-order valence-electron chi connectivity index (χ3n) is 4.06. The van der Waals surface area contributed by atoms with Crippen molar-refractivity contribution in [2.75, 3.05) is 6.54 Å². The van der Waals surface area contributed by atoms with Crippen LogP contribution in [-0.2, 0) is 18.0 Å². The normalized spacial score (nSPS) is 18.0. The molecule has 0 spiro atoms. The Morgan fingerprint density at radius 1 is 1.37 bits per heavy atom. The van der Waals surface area contributed by atoms with Crippen molar-refractivity contribution >= 4 is 23.5 Å². The second-order valence-corrected chi connectivity index (χ2v) is 6.41. The average Bonchev–Trinajstić information content (AvgIpc) is 3.19. The predicted octanol–water partition coefficient (Wildman–Crippen LogP) is 1.98. The smallest absolute Gasteiger partial charge is 0.342 e. The van der Waals surface area contributed by atoms with Gasteiger partial charge in [0.15, 0.2) is 0 Å². The van der Waals surface area contributed by atoms with E-state index in [1.807, 2.05) is 0 Å². The monoisotopic (exact) mass is 401 g/mol. The van der Waals surface area contributed by atoms with E-state index in [4.69, 9.17) is 11.6 Å². The Kier molecular flexibility index (Phi) is 5.01. The van der Waals surface area contributed by atoms with Gasteiger partial charge in [-0.1, -0.05) is 23.7 Å². The number of carbonyl (C=O) groups excluding carboxylic acids is 2. The molecule has 7 nitrogen and oxygen atoms in total. The van der Waals surface area contributed by atoms with Crippen LogP contribution in [0.1, 0.15) is 23.0 Å². The fourth-order valence-corrected chi connectivity index (χ4v) is 2.86. The molecule has 3 rings (SSSR count). The fourth-order valence-electron chi connectivity index (χ4n) is 2.74. The topological polar surface area (TPSA) is 88.1 Å². The van der Waals surface area contributed by atoms with Crippen LogP contribution in [0.2, 0.25) is 5.02 Å². The molecule has 27 heavy (non-hydrogen) atoms. The fraction of sp³-hybridized carbons (Fsp3) is 0.312. The van der Waals surface area contributed by atoms with Gasteiger partial charge in [0, 0.05) is 18.6 Å². The summed E-state index contributed by atoms with van der Waals surface area (Å²) < 4.78 is 40.0. The lowest BCUT2D eigenvalue weighted by Gasteiger charge is -2.19. The van der Waals surface area contributed by atoms with Gasteiger partial charge in [-0.2, -0.15) is 18.3 Å². The Morgan fingerprint density at radius 2 is 2.04 bits per heavy atom. The lowest BCUT2D eigenvalue weighted by atomic mass is 10.0. The van der Waals surface area contributed by atoms with E-state index >= 15 is 0 Å². The van der Waals surface area contributed by atoms with Crippen molar-refractivity contribution in [3.8, 4) is 0 Å². The number of amides is 3. The first kappa shape index (κ1) is 19.0. The van der Waals surface area contributed by atoms with Crippen molar-refractivity contribution in [1.29, 1.82) is 0 Å². The van der Waals surface area contributed by atoms with Gasteiger partial charge in [0.25, 0.3) is 0 Å². The third kappa shape index (κ3) is 4.16. The van der Waals surface area contributed by atoms with E-state index in [0.29, 0.717) is 15.3 Å². The largest absolute Gasteiger partial charge is 0.433 e. The van der Waals surface area contributed by atoms with Crippen molar-refractivity contribution < 1.29 is 22.8 Å². The van der Waals surface area contributed by atoms with Crippen molar-refractivity contribution in [2.24, 2.45) is 7.05 Å². The van der Waals surface area contributed by atoms with E-state index in [9.17, 15) is 22.8 Å². The number of aromatic nitrogens is 2. The third-order valence-corrected chi connectivity index (χ3v) is 4.32. The van der Waals surface area contributed by atoms with E-state index in [1.54, 1.807) is 24.3 Å². The minimum atomic E-state index is -4.59. The summed E-state index contributed by atoms with van der Waals surface area (Å²) in [5.74, 6) is -0.549. The highest BCUT2D eigenvalue weighted by molar-refractivity contribution is 6.30. The first-order valence-corrected chi connectivity index (χ1v) is 8.24. The number of halogens is 4. The molecule has 144 valence electrons. The molecule has 3 N–H and O–H groups in total. The molecule has 2 heterocycles. The summed E-state index contributed by atoms with van der Waals surface area (Å²) in [6, 6.07) is 4.89. The zero-order valence-corrected chi connectivity index (χ0v) is 14.7. The van der Waals surface area contributed by atoms with Gasteiger partial charge in [-0.3, -0.25) is 9.48 Å². The molecule has 1 saturated heterocycles. The number of urea groups is 1. The second-order valence-electron chi connectivity index (χ2n) is 5.98. The summed E-state index contributed by atoms with van der Waals surface area (Å²) in [5.41, 5.74) is -0.434. The summed E-state index contributed by atoms with van der Waals surface area (Å²) in [4.78, 5) is 23.7. The number of alkyl halides is 3. The van der Waals surface area contributed by atoms with Crippen molar-refractivity contribution in [1.82, 2.24) is 25.7 Å². The summed E-state index contributed by atoms with van der Waals surface area (Å²) in [5, 5.41) is 11.9. The van der Waals surface area contributed by atoms with Crippen LogP contribution >= 0.6 is 11.6 Å². The summed E-state index contributed by atoms with van der Waals surface area (Å²) >= 11 is 5.87. The molecule has 0 bridgehead atoms. The molecule has 1 unspecified atom stereocenters. The van der Waals surface area contributed by atoms with Crippen LogP contribution in [-0.4, -0.2) is 34.3 Å². The Morgan fingerprint density at radius 3 is 2.56 bits per heavy atom. The molecule has 1 aromatic carbocycles. The maximum Gasteiger partial charge on any atom is 0.433 e. The van der Waals surface area contributed by atoms with Crippen LogP contribution in [0.25, 0.3) is 0 Å². The number of hydrogen-bond acceptors (Lipinski definition) is 3. The van der Waals surface area contributed by atoms with Crippen LogP contribution in [0, 0.1) is 0 Å². The molecule has 1 aliphatic rings. The van der Waals surface area contributed by atoms with Gasteiger partial charge in [0.1, 0.15) is 11.7 Å². The van der Waals surface area contributed by atoms with Crippen LogP contribution < -0.4 is 16.0 Å². The molecule has 2 atom stereocenters. The molecule has 1 fully saturated rings. The SMILES string of the molecule is Cn1nc([C@@H](NC(=O)C2CNC(=O)N2)c2ccc(Cl)cc2)cc1C(F)(F)F. The summed E-state index contributed by atoms with van der Waals surface area (Å²) in [6.45, 7) is 0.0774. The number of carbonyl (C=O) groups is 2. The minimum Gasteiger partial charge on any atom is -0.342 e. The number of nitrogens with one attached hydrogen (secondary N) is 3. The Labute approximate surface area is 156 Å². The van der Waals surface area contributed by atoms with Gasteiger partial charge in [0.2, 0.25) is 5.91 Å². The molecule has 0 radical (unpaired) electrons. The zero-order chi connectivity index (χ0) is 19.8. The van der Waals surface area contributed by atoms with E-state index in [-0.39, 0.29) is 12.2 Å². The van der Waals surface area contributed by atoms with Crippen LogP contribution in [0.5, 0.6) is 0 Å². The first-order valence-electron chi connectivity index (χ1n) is 7.86. The number of benzene rings is 1. The molecule has 11 heteroatoms.